The lowest BCUT2D eigenvalue weighted by Gasteiger charge is -2.07. The SMILES string of the molecule is CCCOC(=O)c1ccc(NC(=O)Cc2ccc(O)cc2)cc1. The first-order valence-electron chi connectivity index (χ1n) is 7.43. The van der Waals surface area contributed by atoms with Crippen LogP contribution in [0.3, 0.4) is 0 Å². The van der Waals surface area contributed by atoms with Crippen LogP contribution in [0.4, 0.5) is 5.69 Å². The van der Waals surface area contributed by atoms with Crippen molar-refractivity contribution in [3.63, 3.8) is 0 Å². The molecule has 0 atom stereocenters. The highest BCUT2D eigenvalue weighted by Crippen LogP contribution is 2.13. The summed E-state index contributed by atoms with van der Waals surface area (Å²) < 4.78 is 5.04. The summed E-state index contributed by atoms with van der Waals surface area (Å²) >= 11 is 0. The van der Waals surface area contributed by atoms with Gasteiger partial charge in [-0.1, -0.05) is 19.1 Å². The molecule has 0 saturated heterocycles. The lowest BCUT2D eigenvalue weighted by atomic mass is 10.1. The molecular formula is C18H19NO4. The molecule has 0 aromatic heterocycles. The Hall–Kier alpha value is -2.82. The van der Waals surface area contributed by atoms with Gasteiger partial charge in [-0.05, 0) is 48.4 Å². The maximum Gasteiger partial charge on any atom is 0.338 e. The molecule has 0 aliphatic carbocycles. The molecule has 2 aromatic carbocycles. The summed E-state index contributed by atoms with van der Waals surface area (Å²) in [5, 5.41) is 12.0. The molecule has 2 rings (SSSR count). The van der Waals surface area contributed by atoms with Crippen molar-refractivity contribution >= 4 is 17.6 Å². The van der Waals surface area contributed by atoms with Crippen LogP contribution in [0.15, 0.2) is 48.5 Å². The van der Waals surface area contributed by atoms with E-state index in [9.17, 15) is 14.7 Å². The van der Waals surface area contributed by atoms with E-state index in [1.165, 1.54) is 0 Å². The summed E-state index contributed by atoms with van der Waals surface area (Å²) in [6.07, 6.45) is 0.984. The zero-order valence-electron chi connectivity index (χ0n) is 12.9. The number of benzene rings is 2. The van der Waals surface area contributed by atoms with Crippen LogP contribution in [0, 0.1) is 0 Å². The van der Waals surface area contributed by atoms with Crippen LogP contribution < -0.4 is 5.32 Å². The number of aromatic hydroxyl groups is 1. The molecule has 0 radical (unpaired) electrons. The predicted octanol–water partition coefficient (Wildman–Crippen LogP) is 3.14. The molecule has 0 spiro atoms. The Morgan fingerprint density at radius 3 is 2.30 bits per heavy atom. The lowest BCUT2D eigenvalue weighted by Crippen LogP contribution is -2.14. The topological polar surface area (TPSA) is 75.6 Å². The number of carbonyl (C=O) groups is 2. The molecule has 0 fully saturated rings. The van der Waals surface area contributed by atoms with Crippen LogP contribution in [0.25, 0.3) is 0 Å². The van der Waals surface area contributed by atoms with Gasteiger partial charge in [-0.2, -0.15) is 0 Å². The minimum atomic E-state index is -0.367. The zero-order chi connectivity index (χ0) is 16.7. The maximum atomic E-state index is 12.0. The lowest BCUT2D eigenvalue weighted by molar-refractivity contribution is -0.115. The van der Waals surface area contributed by atoms with E-state index in [1.807, 2.05) is 6.92 Å². The zero-order valence-corrected chi connectivity index (χ0v) is 12.9. The van der Waals surface area contributed by atoms with Crippen LogP contribution in [0.2, 0.25) is 0 Å². The molecule has 120 valence electrons. The van der Waals surface area contributed by atoms with Crippen molar-refractivity contribution < 1.29 is 19.4 Å². The van der Waals surface area contributed by atoms with Gasteiger partial charge in [-0.25, -0.2) is 4.79 Å². The molecule has 0 unspecified atom stereocenters. The van der Waals surface area contributed by atoms with Crippen molar-refractivity contribution in [2.75, 3.05) is 11.9 Å². The molecule has 0 heterocycles. The summed E-state index contributed by atoms with van der Waals surface area (Å²) in [6.45, 7) is 2.32. The average Bonchev–Trinajstić information content (AvgIpc) is 2.55. The van der Waals surface area contributed by atoms with Crippen LogP contribution in [0.1, 0.15) is 29.3 Å². The van der Waals surface area contributed by atoms with Gasteiger partial charge in [-0.3, -0.25) is 4.79 Å². The maximum absolute atomic E-state index is 12.0. The molecule has 0 bridgehead atoms. The first-order valence-corrected chi connectivity index (χ1v) is 7.43. The van der Waals surface area contributed by atoms with E-state index in [-0.39, 0.29) is 24.0 Å². The van der Waals surface area contributed by atoms with Gasteiger partial charge >= 0.3 is 5.97 Å². The van der Waals surface area contributed by atoms with Crippen molar-refractivity contribution in [2.45, 2.75) is 19.8 Å². The summed E-state index contributed by atoms with van der Waals surface area (Å²) in [5.41, 5.74) is 1.87. The van der Waals surface area contributed by atoms with Gasteiger partial charge in [0.05, 0.1) is 18.6 Å². The number of carbonyl (C=O) groups excluding carboxylic acids is 2. The van der Waals surface area contributed by atoms with Crippen LogP contribution in [-0.2, 0) is 16.0 Å². The molecule has 2 N–H and O–H groups in total. The van der Waals surface area contributed by atoms with E-state index in [4.69, 9.17) is 4.74 Å². The van der Waals surface area contributed by atoms with Gasteiger partial charge < -0.3 is 15.2 Å². The Morgan fingerprint density at radius 1 is 1.04 bits per heavy atom. The van der Waals surface area contributed by atoms with Crippen molar-refractivity contribution in [1.29, 1.82) is 0 Å². The normalized spacial score (nSPS) is 10.1. The molecule has 5 heteroatoms. The van der Waals surface area contributed by atoms with Gasteiger partial charge in [0.25, 0.3) is 0 Å². The summed E-state index contributed by atoms with van der Waals surface area (Å²) in [4.78, 5) is 23.6. The number of ether oxygens (including phenoxy) is 1. The van der Waals surface area contributed by atoms with E-state index >= 15 is 0 Å². The molecule has 0 saturated carbocycles. The van der Waals surface area contributed by atoms with E-state index in [1.54, 1.807) is 48.5 Å². The van der Waals surface area contributed by atoms with E-state index < -0.39 is 0 Å². The Bertz CT molecular complexity index is 662. The van der Waals surface area contributed by atoms with Gasteiger partial charge in [0.15, 0.2) is 0 Å². The van der Waals surface area contributed by atoms with Gasteiger partial charge in [0.2, 0.25) is 5.91 Å². The Labute approximate surface area is 134 Å². The van der Waals surface area contributed by atoms with Crippen molar-refractivity contribution in [3.8, 4) is 5.75 Å². The highest BCUT2D eigenvalue weighted by atomic mass is 16.5. The third kappa shape index (κ3) is 5.14. The number of anilines is 1. The van der Waals surface area contributed by atoms with Gasteiger partial charge in [-0.15, -0.1) is 0 Å². The number of hydrogen-bond acceptors (Lipinski definition) is 4. The minimum Gasteiger partial charge on any atom is -0.508 e. The largest absolute Gasteiger partial charge is 0.508 e. The van der Waals surface area contributed by atoms with Crippen molar-refractivity contribution in [2.24, 2.45) is 0 Å². The smallest absolute Gasteiger partial charge is 0.338 e. The third-order valence-corrected chi connectivity index (χ3v) is 3.14. The fourth-order valence-electron chi connectivity index (χ4n) is 1.97. The van der Waals surface area contributed by atoms with Crippen LogP contribution in [-0.4, -0.2) is 23.6 Å². The number of hydrogen-bond donors (Lipinski definition) is 2. The Kier molecular flexibility index (Phi) is 5.74. The molecule has 5 nitrogen and oxygen atoms in total. The van der Waals surface area contributed by atoms with E-state index in [0.717, 1.165) is 12.0 Å². The first kappa shape index (κ1) is 16.5. The number of esters is 1. The summed E-state index contributed by atoms with van der Waals surface area (Å²) in [6, 6.07) is 13.0. The third-order valence-electron chi connectivity index (χ3n) is 3.14. The molecule has 0 aliphatic heterocycles. The Balaban J connectivity index is 1.91. The second kappa shape index (κ2) is 7.98. The second-order valence-corrected chi connectivity index (χ2v) is 5.10. The fraction of sp³-hybridized carbons (Fsp3) is 0.222. The van der Waals surface area contributed by atoms with Crippen LogP contribution >= 0.6 is 0 Å². The average molecular weight is 313 g/mol. The number of amides is 1. The molecule has 2 aromatic rings. The number of phenols is 1. The number of phenolic OH excluding ortho intramolecular Hbond substituents is 1. The van der Waals surface area contributed by atoms with Crippen LogP contribution in [0.5, 0.6) is 5.75 Å². The second-order valence-electron chi connectivity index (χ2n) is 5.10. The highest BCUT2D eigenvalue weighted by molar-refractivity contribution is 5.94. The summed E-state index contributed by atoms with van der Waals surface area (Å²) in [5.74, 6) is -0.370. The minimum absolute atomic E-state index is 0.166. The molecule has 0 aliphatic rings. The molecule has 23 heavy (non-hydrogen) atoms. The quantitative estimate of drug-likeness (QED) is 0.803. The molecular weight excluding hydrogens is 294 g/mol. The fourth-order valence-corrected chi connectivity index (χ4v) is 1.97. The number of nitrogens with one attached hydrogen (secondary N) is 1. The first-order chi connectivity index (χ1) is 11.1. The standard InChI is InChI=1S/C18H19NO4/c1-2-11-23-18(22)14-5-7-15(8-6-14)19-17(21)12-13-3-9-16(20)10-4-13/h3-10,20H,2,11-12H2,1H3,(H,19,21). The van der Waals surface area contributed by atoms with E-state index in [0.29, 0.717) is 17.9 Å². The number of rotatable bonds is 6. The molecule has 1 amide bonds. The monoisotopic (exact) mass is 313 g/mol. The predicted molar refractivity (Wildman–Crippen MR) is 87.5 cm³/mol. The van der Waals surface area contributed by atoms with Crippen molar-refractivity contribution in [1.82, 2.24) is 0 Å². The van der Waals surface area contributed by atoms with E-state index in [2.05, 4.69) is 5.32 Å². The van der Waals surface area contributed by atoms with Gasteiger partial charge in [0, 0.05) is 5.69 Å². The highest BCUT2D eigenvalue weighted by Gasteiger charge is 2.08. The van der Waals surface area contributed by atoms with Gasteiger partial charge in [0.1, 0.15) is 5.75 Å². The Morgan fingerprint density at radius 2 is 1.70 bits per heavy atom. The summed E-state index contributed by atoms with van der Waals surface area (Å²) in [7, 11) is 0. The van der Waals surface area contributed by atoms with Crippen molar-refractivity contribution in [3.05, 3.63) is 59.7 Å².